The third-order valence-corrected chi connectivity index (χ3v) is 3.79. The highest BCUT2D eigenvalue weighted by molar-refractivity contribution is 5.93. The lowest BCUT2D eigenvalue weighted by Crippen LogP contribution is -2.26. The maximum Gasteiger partial charge on any atom is 0.340 e. The minimum absolute atomic E-state index is 0.189. The van der Waals surface area contributed by atoms with Crippen LogP contribution in [0.5, 0.6) is 0 Å². The van der Waals surface area contributed by atoms with Gasteiger partial charge in [-0.3, -0.25) is 4.90 Å². The van der Waals surface area contributed by atoms with Crippen LogP contribution in [-0.4, -0.2) is 28.1 Å². The van der Waals surface area contributed by atoms with E-state index in [4.69, 9.17) is 4.74 Å². The van der Waals surface area contributed by atoms with Gasteiger partial charge < -0.3 is 9.30 Å². The van der Waals surface area contributed by atoms with Crippen molar-refractivity contribution in [3.63, 3.8) is 0 Å². The summed E-state index contributed by atoms with van der Waals surface area (Å²) >= 11 is 0. The molecule has 4 nitrogen and oxygen atoms in total. The average molecular weight is 250 g/mol. The second kappa shape index (κ2) is 4.76. The first-order chi connectivity index (χ1) is 8.47. The molecule has 100 valence electrons. The third kappa shape index (κ3) is 1.94. The molecule has 4 heteroatoms. The molecular weight excluding hydrogens is 228 g/mol. The molecule has 0 radical (unpaired) electrons. The SMILES string of the molecule is CCOC(=O)c1c(C)c2n(c1C)CN(C(C)C)C2. The van der Waals surface area contributed by atoms with Crippen LogP contribution in [0.3, 0.4) is 0 Å². The highest BCUT2D eigenvalue weighted by Gasteiger charge is 2.30. The summed E-state index contributed by atoms with van der Waals surface area (Å²) in [5.74, 6) is -0.189. The Hall–Kier alpha value is -1.29. The van der Waals surface area contributed by atoms with E-state index >= 15 is 0 Å². The first-order valence-corrected chi connectivity index (χ1v) is 6.57. The van der Waals surface area contributed by atoms with Gasteiger partial charge in [0.25, 0.3) is 0 Å². The van der Waals surface area contributed by atoms with E-state index in [-0.39, 0.29) is 5.97 Å². The van der Waals surface area contributed by atoms with E-state index in [2.05, 4.69) is 23.3 Å². The molecule has 0 saturated carbocycles. The standard InChI is InChI=1S/C14H22N2O2/c1-6-18-14(17)13-10(4)12-7-15(9(2)3)8-16(12)11(13)5/h9H,6-8H2,1-5H3. The Morgan fingerprint density at radius 2 is 2.06 bits per heavy atom. The molecule has 0 atom stereocenters. The van der Waals surface area contributed by atoms with Crippen molar-refractivity contribution >= 4 is 5.97 Å². The van der Waals surface area contributed by atoms with Crippen molar-refractivity contribution in [3.05, 3.63) is 22.5 Å². The molecule has 0 bridgehead atoms. The van der Waals surface area contributed by atoms with Crippen molar-refractivity contribution in [3.8, 4) is 0 Å². The van der Waals surface area contributed by atoms with Crippen LogP contribution < -0.4 is 0 Å². The first-order valence-electron chi connectivity index (χ1n) is 6.57. The zero-order valence-electron chi connectivity index (χ0n) is 11.9. The predicted octanol–water partition coefficient (Wildman–Crippen LogP) is 2.46. The summed E-state index contributed by atoms with van der Waals surface area (Å²) in [6, 6.07) is 0.523. The number of esters is 1. The Bertz CT molecular complexity index is 445. The Kier molecular flexibility index (Phi) is 3.48. The number of carbonyl (C=O) groups is 1. The highest BCUT2D eigenvalue weighted by Crippen LogP contribution is 2.29. The van der Waals surface area contributed by atoms with Gasteiger partial charge in [-0.1, -0.05) is 0 Å². The maximum absolute atomic E-state index is 12.0. The van der Waals surface area contributed by atoms with Gasteiger partial charge in [-0.25, -0.2) is 4.79 Å². The third-order valence-electron chi connectivity index (χ3n) is 3.79. The monoisotopic (exact) mass is 250 g/mol. The van der Waals surface area contributed by atoms with Crippen LogP contribution in [-0.2, 0) is 18.0 Å². The van der Waals surface area contributed by atoms with Gasteiger partial charge in [-0.05, 0) is 40.2 Å². The number of aromatic nitrogens is 1. The lowest BCUT2D eigenvalue weighted by Gasteiger charge is -2.19. The zero-order valence-corrected chi connectivity index (χ0v) is 11.9. The van der Waals surface area contributed by atoms with E-state index in [0.717, 1.165) is 30.0 Å². The number of nitrogens with zero attached hydrogens (tertiary/aromatic N) is 2. The molecule has 0 N–H and O–H groups in total. The van der Waals surface area contributed by atoms with E-state index in [0.29, 0.717) is 12.6 Å². The summed E-state index contributed by atoms with van der Waals surface area (Å²) in [7, 11) is 0. The zero-order chi connectivity index (χ0) is 13.4. The highest BCUT2D eigenvalue weighted by atomic mass is 16.5. The van der Waals surface area contributed by atoms with Crippen LogP contribution in [0.15, 0.2) is 0 Å². The van der Waals surface area contributed by atoms with Crippen LogP contribution in [0.2, 0.25) is 0 Å². The van der Waals surface area contributed by atoms with Crippen molar-refractivity contribution in [1.29, 1.82) is 0 Å². The normalized spacial score (nSPS) is 15.2. The van der Waals surface area contributed by atoms with E-state index in [1.54, 1.807) is 0 Å². The van der Waals surface area contributed by atoms with Gasteiger partial charge in [0.15, 0.2) is 0 Å². The average Bonchev–Trinajstić information content (AvgIpc) is 2.81. The van der Waals surface area contributed by atoms with Gasteiger partial charge in [0.2, 0.25) is 0 Å². The van der Waals surface area contributed by atoms with Crippen LogP contribution >= 0.6 is 0 Å². The summed E-state index contributed by atoms with van der Waals surface area (Å²) in [5, 5.41) is 0. The molecule has 1 aliphatic heterocycles. The fourth-order valence-electron chi connectivity index (χ4n) is 2.62. The minimum atomic E-state index is -0.189. The summed E-state index contributed by atoms with van der Waals surface area (Å²) < 4.78 is 7.37. The van der Waals surface area contributed by atoms with Gasteiger partial charge in [-0.2, -0.15) is 0 Å². The molecule has 1 aliphatic rings. The van der Waals surface area contributed by atoms with Gasteiger partial charge in [0.05, 0.1) is 18.8 Å². The molecule has 18 heavy (non-hydrogen) atoms. The van der Waals surface area contributed by atoms with Crippen LogP contribution in [0.25, 0.3) is 0 Å². The molecule has 2 rings (SSSR count). The van der Waals surface area contributed by atoms with Crippen LogP contribution in [0, 0.1) is 13.8 Å². The summed E-state index contributed by atoms with van der Waals surface area (Å²) in [6.45, 7) is 12.5. The molecule has 2 heterocycles. The topological polar surface area (TPSA) is 34.5 Å². The lowest BCUT2D eigenvalue weighted by molar-refractivity contribution is 0.0524. The number of rotatable bonds is 3. The molecular formula is C14H22N2O2. The molecule has 0 fully saturated rings. The van der Waals surface area contributed by atoms with Crippen molar-refractivity contribution in [2.75, 3.05) is 6.61 Å². The molecule has 0 saturated heterocycles. The number of hydrogen-bond donors (Lipinski definition) is 0. The van der Waals surface area contributed by atoms with E-state index in [1.807, 2.05) is 20.8 Å². The van der Waals surface area contributed by atoms with Crippen molar-refractivity contribution < 1.29 is 9.53 Å². The largest absolute Gasteiger partial charge is 0.462 e. The van der Waals surface area contributed by atoms with Gasteiger partial charge in [-0.15, -0.1) is 0 Å². The Balaban J connectivity index is 2.35. The fraction of sp³-hybridized carbons (Fsp3) is 0.643. The number of fused-ring (bicyclic) bond motifs is 1. The smallest absolute Gasteiger partial charge is 0.340 e. The molecule has 0 aromatic carbocycles. The molecule has 1 aromatic rings. The molecule has 1 aromatic heterocycles. The lowest BCUT2D eigenvalue weighted by atomic mass is 10.1. The summed E-state index contributed by atoms with van der Waals surface area (Å²) in [5.41, 5.74) is 4.12. The van der Waals surface area contributed by atoms with E-state index in [1.165, 1.54) is 5.69 Å². The van der Waals surface area contributed by atoms with Gasteiger partial charge in [0, 0.05) is 24.0 Å². The van der Waals surface area contributed by atoms with Crippen molar-refractivity contribution in [2.45, 2.75) is 53.9 Å². The molecule has 0 unspecified atom stereocenters. The Morgan fingerprint density at radius 3 is 2.56 bits per heavy atom. The summed E-state index contributed by atoms with van der Waals surface area (Å²) in [6.07, 6.45) is 0. The fourth-order valence-corrected chi connectivity index (χ4v) is 2.62. The molecule has 0 aliphatic carbocycles. The van der Waals surface area contributed by atoms with E-state index in [9.17, 15) is 4.79 Å². The van der Waals surface area contributed by atoms with Crippen molar-refractivity contribution in [1.82, 2.24) is 9.47 Å². The summed E-state index contributed by atoms with van der Waals surface area (Å²) in [4.78, 5) is 14.4. The number of ether oxygens (including phenoxy) is 1. The molecule has 0 spiro atoms. The van der Waals surface area contributed by atoms with Gasteiger partial charge in [0.1, 0.15) is 0 Å². The van der Waals surface area contributed by atoms with Crippen molar-refractivity contribution in [2.24, 2.45) is 0 Å². The minimum Gasteiger partial charge on any atom is -0.462 e. The number of hydrogen-bond acceptors (Lipinski definition) is 3. The number of carbonyl (C=O) groups excluding carboxylic acids is 1. The Morgan fingerprint density at radius 1 is 1.39 bits per heavy atom. The van der Waals surface area contributed by atoms with Crippen LogP contribution in [0.4, 0.5) is 0 Å². The molecule has 0 amide bonds. The van der Waals surface area contributed by atoms with Gasteiger partial charge >= 0.3 is 5.97 Å². The van der Waals surface area contributed by atoms with E-state index < -0.39 is 0 Å². The second-order valence-electron chi connectivity index (χ2n) is 5.16. The quantitative estimate of drug-likeness (QED) is 0.773. The van der Waals surface area contributed by atoms with Crippen LogP contribution in [0.1, 0.15) is 48.1 Å². The maximum atomic E-state index is 12.0. The first kappa shape index (κ1) is 13.1. The second-order valence-corrected chi connectivity index (χ2v) is 5.16. The predicted molar refractivity (Wildman–Crippen MR) is 70.5 cm³/mol. The Labute approximate surface area is 109 Å².